The van der Waals surface area contributed by atoms with Crippen molar-refractivity contribution in [3.8, 4) is 5.75 Å². The molecule has 0 saturated carbocycles. The van der Waals surface area contributed by atoms with E-state index in [0.29, 0.717) is 5.33 Å². The summed E-state index contributed by atoms with van der Waals surface area (Å²) in [6.07, 6.45) is -0.479. The molecule has 1 N–H and O–H groups in total. The average Bonchev–Trinajstić information content (AvgIpc) is 2.26. The summed E-state index contributed by atoms with van der Waals surface area (Å²) in [6.45, 7) is 11.1. The van der Waals surface area contributed by atoms with Crippen LogP contribution in [0.1, 0.15) is 32.4 Å². The molecule has 102 valence electrons. The van der Waals surface area contributed by atoms with Gasteiger partial charge < -0.3 is 9.53 Å². The predicted octanol–water partition coefficient (Wildman–Crippen LogP) is 4.50. The van der Waals surface area contributed by atoms with Crippen LogP contribution in [-0.2, 0) is 0 Å². The lowest BCUT2D eigenvalue weighted by Crippen LogP contribution is -2.43. The normalized spacial score (nSPS) is 14.4. The molecule has 1 unspecified atom stereocenters. The first-order valence-electron chi connectivity index (χ1n) is 6.20. The van der Waals surface area contributed by atoms with E-state index in [1.807, 2.05) is 24.3 Å². The van der Waals surface area contributed by atoms with Crippen LogP contribution in [-0.4, -0.2) is 18.8 Å². The van der Waals surface area contributed by atoms with E-state index in [-0.39, 0.29) is 5.04 Å². The highest BCUT2D eigenvalue weighted by Crippen LogP contribution is 2.37. The molecule has 0 amide bonds. The van der Waals surface area contributed by atoms with Gasteiger partial charge in [0, 0.05) is 5.33 Å². The molecular formula is C14H23BrO2Si. The summed E-state index contributed by atoms with van der Waals surface area (Å²) in [5.74, 6) is 0.860. The summed E-state index contributed by atoms with van der Waals surface area (Å²) in [7, 11) is -1.81. The van der Waals surface area contributed by atoms with Gasteiger partial charge in [-0.1, -0.05) is 48.8 Å². The van der Waals surface area contributed by atoms with Crippen molar-refractivity contribution in [2.24, 2.45) is 0 Å². The van der Waals surface area contributed by atoms with Crippen LogP contribution in [0, 0.1) is 0 Å². The highest BCUT2D eigenvalue weighted by molar-refractivity contribution is 9.09. The van der Waals surface area contributed by atoms with Gasteiger partial charge in [-0.3, -0.25) is 0 Å². The van der Waals surface area contributed by atoms with Crippen molar-refractivity contribution in [1.82, 2.24) is 0 Å². The van der Waals surface area contributed by atoms with Crippen LogP contribution in [0.5, 0.6) is 5.75 Å². The fraction of sp³-hybridized carbons (Fsp3) is 0.571. The molecule has 0 bridgehead atoms. The first-order valence-corrected chi connectivity index (χ1v) is 10.2. The maximum absolute atomic E-state index is 9.82. The van der Waals surface area contributed by atoms with Crippen molar-refractivity contribution in [3.05, 3.63) is 29.8 Å². The minimum Gasteiger partial charge on any atom is -0.543 e. The highest BCUT2D eigenvalue weighted by atomic mass is 79.9. The van der Waals surface area contributed by atoms with Gasteiger partial charge in [-0.25, -0.2) is 0 Å². The number of aliphatic hydroxyl groups excluding tert-OH is 1. The topological polar surface area (TPSA) is 29.5 Å². The molecule has 0 aliphatic carbocycles. The molecule has 0 heterocycles. The standard InChI is InChI=1S/C14H23BrO2Si/c1-14(2,3)18(4,5)17-12-8-6-7-11(9-12)13(16)10-15/h6-9,13,16H,10H2,1-5H3. The van der Waals surface area contributed by atoms with Crippen LogP contribution in [0.15, 0.2) is 24.3 Å². The van der Waals surface area contributed by atoms with Crippen molar-refractivity contribution < 1.29 is 9.53 Å². The highest BCUT2D eigenvalue weighted by Gasteiger charge is 2.38. The molecule has 0 spiro atoms. The van der Waals surface area contributed by atoms with Crippen LogP contribution in [0.25, 0.3) is 0 Å². The average molecular weight is 331 g/mol. The van der Waals surface area contributed by atoms with Gasteiger partial charge in [0.05, 0.1) is 6.10 Å². The molecule has 0 saturated heterocycles. The lowest BCUT2D eigenvalue weighted by Gasteiger charge is -2.36. The number of aliphatic hydroxyl groups is 1. The zero-order valence-electron chi connectivity index (χ0n) is 11.8. The number of benzene rings is 1. The Morgan fingerprint density at radius 3 is 2.44 bits per heavy atom. The summed E-state index contributed by atoms with van der Waals surface area (Å²) in [5, 5.41) is 10.5. The van der Waals surface area contributed by atoms with Crippen LogP contribution in [0.4, 0.5) is 0 Å². The summed E-state index contributed by atoms with van der Waals surface area (Å²) in [6, 6.07) is 7.76. The summed E-state index contributed by atoms with van der Waals surface area (Å²) in [4.78, 5) is 0. The second kappa shape index (κ2) is 5.76. The fourth-order valence-corrected chi connectivity index (χ4v) is 2.72. The van der Waals surface area contributed by atoms with Gasteiger partial charge in [0.25, 0.3) is 0 Å². The third kappa shape index (κ3) is 3.83. The lowest BCUT2D eigenvalue weighted by molar-refractivity contribution is 0.205. The minimum atomic E-state index is -1.81. The van der Waals surface area contributed by atoms with E-state index in [9.17, 15) is 5.11 Å². The van der Waals surface area contributed by atoms with E-state index in [4.69, 9.17) is 4.43 Å². The van der Waals surface area contributed by atoms with Gasteiger partial charge in [-0.05, 0) is 35.8 Å². The van der Waals surface area contributed by atoms with Crippen LogP contribution >= 0.6 is 15.9 Å². The molecule has 0 aromatic heterocycles. The van der Waals surface area contributed by atoms with Crippen LogP contribution in [0.3, 0.4) is 0 Å². The second-order valence-electron chi connectivity index (χ2n) is 6.10. The monoisotopic (exact) mass is 330 g/mol. The van der Waals surface area contributed by atoms with E-state index in [2.05, 4.69) is 49.8 Å². The van der Waals surface area contributed by atoms with E-state index in [1.54, 1.807) is 0 Å². The Kier molecular flexibility index (Phi) is 5.03. The van der Waals surface area contributed by atoms with E-state index in [0.717, 1.165) is 11.3 Å². The molecular weight excluding hydrogens is 308 g/mol. The molecule has 0 radical (unpaired) electrons. The Morgan fingerprint density at radius 1 is 1.33 bits per heavy atom. The van der Waals surface area contributed by atoms with Gasteiger partial charge in [-0.2, -0.15) is 0 Å². The van der Waals surface area contributed by atoms with Crippen molar-refractivity contribution >= 4 is 24.2 Å². The smallest absolute Gasteiger partial charge is 0.250 e. The van der Waals surface area contributed by atoms with Crippen LogP contribution in [0.2, 0.25) is 18.1 Å². The van der Waals surface area contributed by atoms with Gasteiger partial charge >= 0.3 is 0 Å². The Bertz CT molecular complexity index is 399. The lowest BCUT2D eigenvalue weighted by atomic mass is 10.1. The fourth-order valence-electron chi connectivity index (χ4n) is 1.32. The maximum atomic E-state index is 9.82. The van der Waals surface area contributed by atoms with Crippen molar-refractivity contribution in [2.45, 2.75) is 45.0 Å². The van der Waals surface area contributed by atoms with Gasteiger partial charge in [0.1, 0.15) is 5.75 Å². The molecule has 1 aromatic carbocycles. The zero-order chi connectivity index (χ0) is 14.0. The van der Waals surface area contributed by atoms with Crippen molar-refractivity contribution in [2.75, 3.05) is 5.33 Å². The Hall–Kier alpha value is -0.323. The molecule has 2 nitrogen and oxygen atoms in total. The molecule has 4 heteroatoms. The van der Waals surface area contributed by atoms with E-state index >= 15 is 0 Å². The Labute approximate surface area is 120 Å². The summed E-state index contributed by atoms with van der Waals surface area (Å²) in [5.41, 5.74) is 0.892. The zero-order valence-corrected chi connectivity index (χ0v) is 14.4. The third-order valence-corrected chi connectivity index (χ3v) is 8.54. The summed E-state index contributed by atoms with van der Waals surface area (Å²) < 4.78 is 6.21. The summed E-state index contributed by atoms with van der Waals surface area (Å²) >= 11 is 3.29. The number of halogens is 1. The molecule has 0 aliphatic rings. The molecule has 18 heavy (non-hydrogen) atoms. The largest absolute Gasteiger partial charge is 0.543 e. The van der Waals surface area contributed by atoms with Crippen molar-refractivity contribution in [1.29, 1.82) is 0 Å². The molecule has 0 aliphatic heterocycles. The first kappa shape index (κ1) is 15.7. The van der Waals surface area contributed by atoms with Gasteiger partial charge in [0.2, 0.25) is 8.32 Å². The molecule has 1 rings (SSSR count). The predicted molar refractivity (Wildman–Crippen MR) is 83.0 cm³/mol. The number of hydrogen-bond acceptors (Lipinski definition) is 2. The minimum absolute atomic E-state index is 0.178. The quantitative estimate of drug-likeness (QED) is 0.650. The number of hydrogen-bond donors (Lipinski definition) is 1. The second-order valence-corrected chi connectivity index (χ2v) is 11.5. The van der Waals surface area contributed by atoms with Gasteiger partial charge in [0.15, 0.2) is 0 Å². The maximum Gasteiger partial charge on any atom is 0.250 e. The van der Waals surface area contributed by atoms with Crippen LogP contribution < -0.4 is 4.43 Å². The SMILES string of the molecule is CC(C)(C)[Si](C)(C)Oc1cccc(C(O)CBr)c1. The molecule has 1 atom stereocenters. The number of rotatable bonds is 4. The third-order valence-electron chi connectivity index (χ3n) is 3.57. The number of alkyl halides is 1. The van der Waals surface area contributed by atoms with Gasteiger partial charge in [-0.15, -0.1) is 0 Å². The van der Waals surface area contributed by atoms with E-state index < -0.39 is 14.4 Å². The Morgan fingerprint density at radius 2 is 1.94 bits per heavy atom. The Balaban J connectivity index is 2.92. The van der Waals surface area contributed by atoms with Crippen molar-refractivity contribution in [3.63, 3.8) is 0 Å². The van der Waals surface area contributed by atoms with E-state index in [1.165, 1.54) is 0 Å². The molecule has 0 fully saturated rings. The molecule has 1 aromatic rings. The first-order chi connectivity index (χ1) is 8.17.